The molecule has 2 aromatic rings. The standard InChI is InChI=1S/C15H19N5O/c1-10-11(2)19-20-15(17-10)18-14(21)13(16)9-8-12-6-4-3-5-7-12/h3-7,13H,8-9,16H2,1-2H3,(H,17,18,20,21). The number of aromatic nitrogens is 3. The summed E-state index contributed by atoms with van der Waals surface area (Å²) in [6, 6.07) is 9.32. The fourth-order valence-corrected chi connectivity index (χ4v) is 1.81. The Morgan fingerprint density at radius 2 is 1.90 bits per heavy atom. The van der Waals surface area contributed by atoms with Gasteiger partial charge in [-0.2, -0.15) is 5.10 Å². The van der Waals surface area contributed by atoms with E-state index in [0.717, 1.165) is 23.4 Å². The molecule has 0 aliphatic rings. The van der Waals surface area contributed by atoms with E-state index in [1.807, 2.05) is 44.2 Å². The zero-order valence-corrected chi connectivity index (χ0v) is 12.2. The van der Waals surface area contributed by atoms with Crippen molar-refractivity contribution in [2.24, 2.45) is 5.73 Å². The van der Waals surface area contributed by atoms with Crippen molar-refractivity contribution in [1.82, 2.24) is 15.2 Å². The van der Waals surface area contributed by atoms with Crippen molar-refractivity contribution in [2.45, 2.75) is 32.7 Å². The lowest BCUT2D eigenvalue weighted by atomic mass is 10.1. The minimum atomic E-state index is -0.601. The van der Waals surface area contributed by atoms with Crippen molar-refractivity contribution in [2.75, 3.05) is 5.32 Å². The van der Waals surface area contributed by atoms with Crippen LogP contribution in [0, 0.1) is 13.8 Å². The molecular formula is C15H19N5O. The number of rotatable bonds is 5. The van der Waals surface area contributed by atoms with Crippen molar-refractivity contribution in [3.63, 3.8) is 0 Å². The van der Waals surface area contributed by atoms with Gasteiger partial charge >= 0.3 is 0 Å². The van der Waals surface area contributed by atoms with Crippen LogP contribution in [0.15, 0.2) is 30.3 Å². The second-order valence-electron chi connectivity index (χ2n) is 4.93. The Balaban J connectivity index is 1.89. The topological polar surface area (TPSA) is 93.8 Å². The van der Waals surface area contributed by atoms with Gasteiger partial charge in [-0.15, -0.1) is 5.10 Å². The fraction of sp³-hybridized carbons (Fsp3) is 0.333. The Hall–Kier alpha value is -2.34. The van der Waals surface area contributed by atoms with E-state index in [1.54, 1.807) is 0 Å². The lowest BCUT2D eigenvalue weighted by molar-refractivity contribution is -0.117. The number of hydrogen-bond acceptors (Lipinski definition) is 5. The molecule has 0 aliphatic carbocycles. The van der Waals surface area contributed by atoms with Gasteiger partial charge in [0, 0.05) is 0 Å². The number of anilines is 1. The van der Waals surface area contributed by atoms with Crippen LogP contribution >= 0.6 is 0 Å². The predicted molar refractivity (Wildman–Crippen MR) is 80.7 cm³/mol. The summed E-state index contributed by atoms with van der Waals surface area (Å²) in [5, 5.41) is 10.3. The number of nitrogens with two attached hydrogens (primary N) is 1. The van der Waals surface area contributed by atoms with Crippen molar-refractivity contribution in [3.8, 4) is 0 Å². The minimum Gasteiger partial charge on any atom is -0.320 e. The third-order valence-electron chi connectivity index (χ3n) is 3.25. The molecule has 1 unspecified atom stereocenters. The summed E-state index contributed by atoms with van der Waals surface area (Å²) in [4.78, 5) is 16.1. The number of benzene rings is 1. The molecule has 0 bridgehead atoms. The molecule has 0 saturated carbocycles. The van der Waals surface area contributed by atoms with Gasteiger partial charge < -0.3 is 5.73 Å². The van der Waals surface area contributed by atoms with E-state index in [-0.39, 0.29) is 11.9 Å². The Kier molecular flexibility index (Phi) is 4.94. The number of nitrogens with one attached hydrogen (secondary N) is 1. The molecule has 1 atom stereocenters. The summed E-state index contributed by atoms with van der Waals surface area (Å²) < 4.78 is 0. The largest absolute Gasteiger partial charge is 0.320 e. The molecule has 0 spiro atoms. The first-order valence-electron chi connectivity index (χ1n) is 6.84. The normalized spacial score (nSPS) is 12.0. The van der Waals surface area contributed by atoms with E-state index >= 15 is 0 Å². The van der Waals surface area contributed by atoms with Gasteiger partial charge in [0.05, 0.1) is 17.4 Å². The van der Waals surface area contributed by atoms with Crippen LogP contribution in [0.1, 0.15) is 23.4 Å². The van der Waals surface area contributed by atoms with E-state index in [9.17, 15) is 4.79 Å². The number of amides is 1. The molecule has 2 rings (SSSR count). The highest BCUT2D eigenvalue weighted by Gasteiger charge is 2.15. The number of aryl methyl sites for hydroxylation is 3. The lowest BCUT2D eigenvalue weighted by Gasteiger charge is -2.11. The van der Waals surface area contributed by atoms with E-state index < -0.39 is 6.04 Å². The van der Waals surface area contributed by atoms with Crippen molar-refractivity contribution in [1.29, 1.82) is 0 Å². The zero-order valence-electron chi connectivity index (χ0n) is 12.2. The molecule has 1 aromatic carbocycles. The van der Waals surface area contributed by atoms with Crippen LogP contribution in [0.5, 0.6) is 0 Å². The third-order valence-corrected chi connectivity index (χ3v) is 3.25. The number of carbonyl (C=O) groups is 1. The molecule has 0 aliphatic heterocycles. The van der Waals surface area contributed by atoms with Crippen molar-refractivity contribution in [3.05, 3.63) is 47.3 Å². The Labute approximate surface area is 123 Å². The van der Waals surface area contributed by atoms with E-state index in [4.69, 9.17) is 5.73 Å². The smallest absolute Gasteiger partial charge is 0.249 e. The first-order valence-corrected chi connectivity index (χ1v) is 6.84. The van der Waals surface area contributed by atoms with Gasteiger partial charge in [0.15, 0.2) is 0 Å². The SMILES string of the molecule is Cc1nnc(NC(=O)C(N)CCc2ccccc2)nc1C. The monoisotopic (exact) mass is 285 g/mol. The van der Waals surface area contributed by atoms with E-state index in [1.165, 1.54) is 0 Å². The van der Waals surface area contributed by atoms with Gasteiger partial charge in [0.1, 0.15) is 0 Å². The molecule has 0 saturated heterocycles. The zero-order chi connectivity index (χ0) is 15.2. The predicted octanol–water partition coefficient (Wildman–Crippen LogP) is 1.39. The van der Waals surface area contributed by atoms with Crippen LogP contribution in [0.2, 0.25) is 0 Å². The molecular weight excluding hydrogens is 266 g/mol. The fourth-order valence-electron chi connectivity index (χ4n) is 1.81. The summed E-state index contributed by atoms with van der Waals surface area (Å²) in [6.45, 7) is 3.63. The quantitative estimate of drug-likeness (QED) is 0.865. The number of hydrogen-bond donors (Lipinski definition) is 2. The average molecular weight is 285 g/mol. The second kappa shape index (κ2) is 6.90. The van der Waals surface area contributed by atoms with Gasteiger partial charge in [-0.25, -0.2) is 4.98 Å². The minimum absolute atomic E-state index is 0.193. The van der Waals surface area contributed by atoms with Crippen LogP contribution < -0.4 is 11.1 Å². The Morgan fingerprint density at radius 1 is 1.19 bits per heavy atom. The van der Waals surface area contributed by atoms with Crippen LogP contribution in [-0.2, 0) is 11.2 Å². The Bertz CT molecular complexity index is 615. The molecule has 6 nitrogen and oxygen atoms in total. The molecule has 0 fully saturated rings. The Morgan fingerprint density at radius 3 is 2.57 bits per heavy atom. The third kappa shape index (κ3) is 4.32. The summed E-state index contributed by atoms with van der Waals surface area (Å²) >= 11 is 0. The van der Waals surface area contributed by atoms with Gasteiger partial charge in [0.25, 0.3) is 0 Å². The lowest BCUT2D eigenvalue weighted by Crippen LogP contribution is -2.36. The van der Waals surface area contributed by atoms with Crippen LogP contribution in [0.25, 0.3) is 0 Å². The summed E-state index contributed by atoms with van der Waals surface area (Å²) in [6.07, 6.45) is 1.32. The van der Waals surface area contributed by atoms with Crippen molar-refractivity contribution >= 4 is 11.9 Å². The van der Waals surface area contributed by atoms with Crippen molar-refractivity contribution < 1.29 is 4.79 Å². The molecule has 21 heavy (non-hydrogen) atoms. The number of carbonyl (C=O) groups excluding carboxylic acids is 1. The average Bonchev–Trinajstić information content (AvgIpc) is 2.49. The summed E-state index contributed by atoms with van der Waals surface area (Å²) in [5.41, 5.74) is 8.52. The number of nitrogens with zero attached hydrogens (tertiary/aromatic N) is 3. The molecule has 110 valence electrons. The van der Waals surface area contributed by atoms with Gasteiger partial charge in [0.2, 0.25) is 11.9 Å². The van der Waals surface area contributed by atoms with E-state index in [2.05, 4.69) is 20.5 Å². The second-order valence-corrected chi connectivity index (χ2v) is 4.93. The highest BCUT2D eigenvalue weighted by atomic mass is 16.2. The highest BCUT2D eigenvalue weighted by molar-refractivity contribution is 5.93. The maximum Gasteiger partial charge on any atom is 0.249 e. The summed E-state index contributed by atoms with van der Waals surface area (Å²) in [7, 11) is 0. The summed E-state index contributed by atoms with van der Waals surface area (Å²) in [5.74, 6) is -0.103. The molecule has 1 aromatic heterocycles. The maximum absolute atomic E-state index is 12.0. The molecule has 3 N–H and O–H groups in total. The van der Waals surface area contributed by atoms with Gasteiger partial charge in [-0.3, -0.25) is 10.1 Å². The van der Waals surface area contributed by atoms with Crippen LogP contribution in [-0.4, -0.2) is 27.1 Å². The maximum atomic E-state index is 12.0. The molecule has 6 heteroatoms. The molecule has 1 amide bonds. The molecule has 0 radical (unpaired) electrons. The van der Waals surface area contributed by atoms with Crippen LogP contribution in [0.3, 0.4) is 0 Å². The molecule has 1 heterocycles. The first kappa shape index (κ1) is 15.1. The highest BCUT2D eigenvalue weighted by Crippen LogP contribution is 2.06. The van der Waals surface area contributed by atoms with Gasteiger partial charge in [-0.05, 0) is 32.3 Å². The van der Waals surface area contributed by atoms with E-state index in [0.29, 0.717) is 6.42 Å². The van der Waals surface area contributed by atoms with Crippen LogP contribution in [0.4, 0.5) is 5.95 Å². The van der Waals surface area contributed by atoms with Gasteiger partial charge in [-0.1, -0.05) is 30.3 Å². The first-order chi connectivity index (χ1) is 10.1.